The fourth-order valence-corrected chi connectivity index (χ4v) is 3.45. The third-order valence-corrected chi connectivity index (χ3v) is 4.25. The van der Waals surface area contributed by atoms with Crippen LogP contribution in [0.15, 0.2) is 12.7 Å². The first-order chi connectivity index (χ1) is 6.35. The molecule has 13 heavy (non-hydrogen) atoms. The maximum Gasteiger partial charge on any atom is -0.0295 e. The van der Waals surface area contributed by atoms with Crippen molar-refractivity contribution in [3.63, 3.8) is 0 Å². The lowest BCUT2D eigenvalue weighted by molar-refractivity contribution is 0.262. The fraction of sp³-hybridized carbons (Fsp3) is 0.846. The molecule has 74 valence electrons. The van der Waals surface area contributed by atoms with Gasteiger partial charge >= 0.3 is 0 Å². The van der Waals surface area contributed by atoms with Gasteiger partial charge in [-0.1, -0.05) is 12.5 Å². The molecule has 2 rings (SSSR count). The maximum atomic E-state index is 3.78. The summed E-state index contributed by atoms with van der Waals surface area (Å²) in [5.74, 6) is 1.12. The predicted octanol–water partition coefficient (Wildman–Crippen LogP) is 4.31. The molecule has 0 heteroatoms. The highest BCUT2D eigenvalue weighted by Crippen LogP contribution is 2.56. The van der Waals surface area contributed by atoms with E-state index in [0.29, 0.717) is 0 Å². The molecule has 0 aromatic heterocycles. The third kappa shape index (κ3) is 1.98. The van der Waals surface area contributed by atoms with Crippen LogP contribution >= 0.6 is 0 Å². The van der Waals surface area contributed by atoms with E-state index in [-0.39, 0.29) is 0 Å². The van der Waals surface area contributed by atoms with Gasteiger partial charge in [0.1, 0.15) is 0 Å². The molecule has 2 aliphatic rings. The van der Waals surface area contributed by atoms with Crippen molar-refractivity contribution in [1.29, 1.82) is 0 Å². The molecule has 0 nitrogen and oxygen atoms in total. The van der Waals surface area contributed by atoms with Crippen LogP contribution in [-0.2, 0) is 0 Å². The minimum absolute atomic E-state index is 0.825. The molecular weight excluding hydrogens is 156 g/mol. The lowest BCUT2D eigenvalue weighted by Gasteiger charge is -2.26. The van der Waals surface area contributed by atoms with E-state index in [1.165, 1.54) is 25.7 Å². The normalized spacial score (nSPS) is 36.8. The molecule has 2 aliphatic carbocycles. The molecule has 2 fully saturated rings. The van der Waals surface area contributed by atoms with Gasteiger partial charge in [-0.25, -0.2) is 0 Å². The largest absolute Gasteiger partial charge is 0.103 e. The minimum Gasteiger partial charge on any atom is -0.103 e. The van der Waals surface area contributed by atoms with Crippen LogP contribution in [0.5, 0.6) is 0 Å². The number of hydrogen-bond acceptors (Lipinski definition) is 0. The van der Waals surface area contributed by atoms with Crippen molar-refractivity contribution in [2.75, 3.05) is 0 Å². The van der Waals surface area contributed by atoms with Crippen molar-refractivity contribution in [1.82, 2.24) is 0 Å². The van der Waals surface area contributed by atoms with Gasteiger partial charge in [-0.15, -0.1) is 6.58 Å². The Morgan fingerprint density at radius 2 is 2.00 bits per heavy atom. The number of fused-ring (bicyclic) bond motifs is 2. The Labute approximate surface area is 82.4 Å². The Morgan fingerprint density at radius 1 is 1.23 bits per heavy atom. The summed E-state index contributed by atoms with van der Waals surface area (Å²) in [6.07, 6.45) is 15.4. The van der Waals surface area contributed by atoms with Gasteiger partial charge in [0, 0.05) is 0 Å². The van der Waals surface area contributed by atoms with Gasteiger partial charge in [-0.05, 0) is 62.7 Å². The lowest BCUT2D eigenvalue weighted by Crippen LogP contribution is -2.13. The third-order valence-electron chi connectivity index (χ3n) is 4.25. The van der Waals surface area contributed by atoms with Crippen molar-refractivity contribution in [3.8, 4) is 0 Å². The average Bonchev–Trinajstić information content (AvgIpc) is 2.72. The van der Waals surface area contributed by atoms with Crippen molar-refractivity contribution in [2.24, 2.45) is 11.3 Å². The topological polar surface area (TPSA) is 0 Å². The van der Waals surface area contributed by atoms with Gasteiger partial charge < -0.3 is 0 Å². The van der Waals surface area contributed by atoms with Crippen molar-refractivity contribution >= 4 is 0 Å². The molecule has 0 aromatic carbocycles. The molecule has 0 aromatic rings. The van der Waals surface area contributed by atoms with E-state index in [4.69, 9.17) is 0 Å². The number of rotatable bonds is 5. The van der Waals surface area contributed by atoms with E-state index in [0.717, 1.165) is 11.3 Å². The highest BCUT2D eigenvalue weighted by Gasteiger charge is 2.43. The quantitative estimate of drug-likeness (QED) is 0.434. The Bertz CT molecular complexity index is 172. The Kier molecular flexibility index (Phi) is 2.76. The van der Waals surface area contributed by atoms with Gasteiger partial charge in [0.15, 0.2) is 0 Å². The number of hydrogen-bond donors (Lipinski definition) is 0. The van der Waals surface area contributed by atoms with E-state index >= 15 is 0 Å². The summed E-state index contributed by atoms with van der Waals surface area (Å²) in [5.41, 5.74) is 0.825. The van der Waals surface area contributed by atoms with Crippen LogP contribution in [-0.4, -0.2) is 0 Å². The highest BCUT2D eigenvalue weighted by atomic mass is 14.5. The number of unbranched alkanes of at least 4 members (excludes halogenated alkanes) is 2. The predicted molar refractivity (Wildman–Crippen MR) is 57.7 cm³/mol. The first-order valence-corrected chi connectivity index (χ1v) is 5.96. The monoisotopic (exact) mass is 178 g/mol. The van der Waals surface area contributed by atoms with Gasteiger partial charge in [0.05, 0.1) is 0 Å². The van der Waals surface area contributed by atoms with Crippen LogP contribution in [0.2, 0.25) is 0 Å². The van der Waals surface area contributed by atoms with Crippen molar-refractivity contribution < 1.29 is 0 Å². The van der Waals surface area contributed by atoms with Crippen LogP contribution < -0.4 is 0 Å². The smallest absolute Gasteiger partial charge is 0.0295 e. The molecule has 2 saturated carbocycles. The standard InChI is InChI=1S/C13H22/c1-2-3-4-5-8-13-9-6-12(11-13)7-10-13/h2,12H,1,3-11H2. The van der Waals surface area contributed by atoms with Crippen LogP contribution in [0.1, 0.15) is 57.8 Å². The van der Waals surface area contributed by atoms with E-state index in [9.17, 15) is 0 Å². The number of allylic oxidation sites excluding steroid dienone is 1. The molecule has 0 saturated heterocycles. The zero-order chi connectivity index (χ0) is 9.15. The summed E-state index contributed by atoms with van der Waals surface area (Å²) >= 11 is 0. The van der Waals surface area contributed by atoms with Gasteiger partial charge in [-0.2, -0.15) is 0 Å². The Hall–Kier alpha value is -0.260. The molecule has 0 radical (unpaired) electrons. The summed E-state index contributed by atoms with van der Waals surface area (Å²) in [7, 11) is 0. The van der Waals surface area contributed by atoms with Crippen LogP contribution in [0.4, 0.5) is 0 Å². The molecular formula is C13H22. The molecule has 0 amide bonds. The highest BCUT2D eigenvalue weighted by molar-refractivity contribution is 4.95. The zero-order valence-corrected chi connectivity index (χ0v) is 8.73. The average molecular weight is 178 g/mol. The molecule has 0 spiro atoms. The molecule has 0 atom stereocenters. The molecule has 0 N–H and O–H groups in total. The van der Waals surface area contributed by atoms with Gasteiger partial charge in [0.2, 0.25) is 0 Å². The van der Waals surface area contributed by atoms with E-state index in [2.05, 4.69) is 12.7 Å². The summed E-state index contributed by atoms with van der Waals surface area (Å²) < 4.78 is 0. The second-order valence-electron chi connectivity index (χ2n) is 5.18. The van der Waals surface area contributed by atoms with E-state index < -0.39 is 0 Å². The molecule has 0 aliphatic heterocycles. The van der Waals surface area contributed by atoms with Crippen LogP contribution in [0.25, 0.3) is 0 Å². The lowest BCUT2D eigenvalue weighted by atomic mass is 9.80. The van der Waals surface area contributed by atoms with Crippen molar-refractivity contribution in [3.05, 3.63) is 12.7 Å². The summed E-state index contributed by atoms with van der Waals surface area (Å²) in [4.78, 5) is 0. The van der Waals surface area contributed by atoms with Gasteiger partial charge in [0.25, 0.3) is 0 Å². The van der Waals surface area contributed by atoms with E-state index in [1.54, 1.807) is 32.1 Å². The molecule has 0 unspecified atom stereocenters. The summed E-state index contributed by atoms with van der Waals surface area (Å²) in [5, 5.41) is 0. The van der Waals surface area contributed by atoms with E-state index in [1.807, 2.05) is 0 Å². The van der Waals surface area contributed by atoms with Crippen LogP contribution in [0.3, 0.4) is 0 Å². The second-order valence-corrected chi connectivity index (χ2v) is 5.18. The summed E-state index contributed by atoms with van der Waals surface area (Å²) in [6, 6.07) is 0. The first-order valence-electron chi connectivity index (χ1n) is 5.96. The molecule has 2 bridgehead atoms. The van der Waals surface area contributed by atoms with Crippen molar-refractivity contribution in [2.45, 2.75) is 57.8 Å². The zero-order valence-electron chi connectivity index (χ0n) is 8.73. The minimum atomic E-state index is 0.825. The molecule has 0 heterocycles. The first kappa shape index (κ1) is 9.30. The van der Waals surface area contributed by atoms with Gasteiger partial charge in [-0.3, -0.25) is 0 Å². The van der Waals surface area contributed by atoms with Crippen LogP contribution in [0, 0.1) is 11.3 Å². The maximum absolute atomic E-state index is 3.78. The second kappa shape index (κ2) is 3.86. The fourth-order valence-electron chi connectivity index (χ4n) is 3.45. The Morgan fingerprint density at radius 3 is 2.54 bits per heavy atom. The SMILES string of the molecule is C=CCCCCC12CCC(CC1)C2. The summed E-state index contributed by atoms with van der Waals surface area (Å²) in [6.45, 7) is 3.78. The Balaban J connectivity index is 1.71.